The fraction of sp³-hybridized carbons (Fsp3) is 0.385. The van der Waals surface area contributed by atoms with E-state index in [9.17, 15) is 9.59 Å². The molecule has 84 valence electrons. The minimum Gasteiger partial charge on any atom is -0.349 e. The van der Waals surface area contributed by atoms with Crippen LogP contribution in [0.15, 0.2) is 24.3 Å². The number of fused-ring (bicyclic) bond motifs is 1. The van der Waals surface area contributed by atoms with E-state index in [0.717, 1.165) is 12.8 Å². The van der Waals surface area contributed by atoms with E-state index >= 15 is 0 Å². The number of hydrogen-bond donors (Lipinski definition) is 1. The van der Waals surface area contributed by atoms with Crippen LogP contribution in [-0.4, -0.2) is 11.7 Å². The smallest absolute Gasteiger partial charge is 0.227 e. The van der Waals surface area contributed by atoms with Crippen LogP contribution in [0.5, 0.6) is 0 Å². The van der Waals surface area contributed by atoms with Crippen molar-refractivity contribution in [3.63, 3.8) is 0 Å². The zero-order valence-electron chi connectivity index (χ0n) is 9.32. The number of Topliss-reactive ketones (excluding diaryl/α,β-unsaturated/α-hetero) is 1. The Morgan fingerprint density at radius 3 is 2.88 bits per heavy atom. The molecule has 0 unspecified atom stereocenters. The summed E-state index contributed by atoms with van der Waals surface area (Å²) >= 11 is 0. The largest absolute Gasteiger partial charge is 0.349 e. The van der Waals surface area contributed by atoms with E-state index in [1.165, 1.54) is 18.1 Å². The number of carbonyl (C=O) groups excluding carboxylic acids is 2. The van der Waals surface area contributed by atoms with Gasteiger partial charge in [0.25, 0.3) is 0 Å². The lowest BCUT2D eigenvalue weighted by Crippen LogP contribution is -2.28. The van der Waals surface area contributed by atoms with Gasteiger partial charge in [0.05, 0.1) is 12.5 Å². The topological polar surface area (TPSA) is 46.2 Å². The summed E-state index contributed by atoms with van der Waals surface area (Å²) in [7, 11) is 0. The Labute approximate surface area is 94.9 Å². The highest BCUT2D eigenvalue weighted by Crippen LogP contribution is 2.30. The summed E-state index contributed by atoms with van der Waals surface area (Å²) in [6.45, 7) is 1.43. The van der Waals surface area contributed by atoms with Gasteiger partial charge in [0.2, 0.25) is 5.91 Å². The number of aryl methyl sites for hydroxylation is 1. The molecule has 0 aliphatic heterocycles. The third kappa shape index (κ3) is 2.30. The molecule has 1 amide bonds. The highest BCUT2D eigenvalue weighted by molar-refractivity contribution is 5.96. The third-order valence-corrected chi connectivity index (χ3v) is 2.88. The lowest BCUT2D eigenvalue weighted by atomic mass is 10.1. The summed E-state index contributed by atoms with van der Waals surface area (Å²) in [4.78, 5) is 22.3. The molecule has 16 heavy (non-hydrogen) atoms. The van der Waals surface area contributed by atoms with E-state index in [0.29, 0.717) is 0 Å². The number of carbonyl (C=O) groups is 2. The number of ketones is 1. The van der Waals surface area contributed by atoms with Crippen molar-refractivity contribution < 1.29 is 9.59 Å². The van der Waals surface area contributed by atoms with Crippen LogP contribution in [0.3, 0.4) is 0 Å². The monoisotopic (exact) mass is 217 g/mol. The van der Waals surface area contributed by atoms with Gasteiger partial charge < -0.3 is 5.32 Å². The first-order chi connectivity index (χ1) is 7.66. The van der Waals surface area contributed by atoms with Crippen molar-refractivity contribution in [2.45, 2.75) is 32.2 Å². The molecular formula is C13H15NO2. The maximum absolute atomic E-state index is 11.5. The Morgan fingerprint density at radius 2 is 2.12 bits per heavy atom. The summed E-state index contributed by atoms with van der Waals surface area (Å²) in [6, 6.07) is 8.21. The van der Waals surface area contributed by atoms with Gasteiger partial charge in [-0.3, -0.25) is 9.59 Å². The second kappa shape index (κ2) is 4.47. The maximum Gasteiger partial charge on any atom is 0.227 e. The molecule has 0 radical (unpaired) electrons. The van der Waals surface area contributed by atoms with Crippen LogP contribution in [0.2, 0.25) is 0 Å². The van der Waals surface area contributed by atoms with Crippen molar-refractivity contribution in [1.29, 1.82) is 0 Å². The fourth-order valence-corrected chi connectivity index (χ4v) is 2.18. The number of benzene rings is 1. The van der Waals surface area contributed by atoms with Crippen LogP contribution in [0.25, 0.3) is 0 Å². The summed E-state index contributed by atoms with van der Waals surface area (Å²) in [5.41, 5.74) is 2.50. The van der Waals surface area contributed by atoms with Gasteiger partial charge in [0.15, 0.2) is 0 Å². The van der Waals surface area contributed by atoms with E-state index in [4.69, 9.17) is 0 Å². The van der Waals surface area contributed by atoms with Crippen molar-refractivity contribution in [1.82, 2.24) is 5.32 Å². The number of rotatable bonds is 3. The van der Waals surface area contributed by atoms with Crippen LogP contribution in [0.1, 0.15) is 36.9 Å². The Hall–Kier alpha value is -1.64. The molecule has 0 bridgehead atoms. The third-order valence-electron chi connectivity index (χ3n) is 2.88. The molecule has 0 aromatic heterocycles. The van der Waals surface area contributed by atoms with E-state index < -0.39 is 0 Å². The molecule has 1 aromatic rings. The first-order valence-electron chi connectivity index (χ1n) is 5.53. The van der Waals surface area contributed by atoms with Crippen molar-refractivity contribution >= 4 is 11.7 Å². The summed E-state index contributed by atoms with van der Waals surface area (Å²) in [6.07, 6.45) is 1.92. The number of nitrogens with one attached hydrogen (secondary N) is 1. The second-order valence-corrected chi connectivity index (χ2v) is 4.24. The molecule has 0 spiro atoms. The van der Waals surface area contributed by atoms with Crippen LogP contribution < -0.4 is 5.32 Å². The highest BCUT2D eigenvalue weighted by atomic mass is 16.2. The molecule has 1 aliphatic rings. The van der Waals surface area contributed by atoms with E-state index in [1.54, 1.807) is 0 Å². The van der Waals surface area contributed by atoms with Gasteiger partial charge in [0, 0.05) is 0 Å². The molecule has 0 fully saturated rings. The zero-order valence-corrected chi connectivity index (χ0v) is 9.32. The van der Waals surface area contributed by atoms with E-state index in [2.05, 4.69) is 11.4 Å². The average Bonchev–Trinajstić information content (AvgIpc) is 2.61. The molecule has 0 heterocycles. The Bertz CT molecular complexity index is 426. The Morgan fingerprint density at radius 1 is 1.38 bits per heavy atom. The number of hydrogen-bond acceptors (Lipinski definition) is 2. The van der Waals surface area contributed by atoms with Gasteiger partial charge in [-0.2, -0.15) is 0 Å². The Balaban J connectivity index is 2.03. The summed E-state index contributed by atoms with van der Waals surface area (Å²) < 4.78 is 0. The molecule has 1 aliphatic carbocycles. The van der Waals surface area contributed by atoms with Gasteiger partial charge in [-0.25, -0.2) is 0 Å². The van der Waals surface area contributed by atoms with Crippen LogP contribution in [0, 0.1) is 0 Å². The normalized spacial score (nSPS) is 17.9. The standard InChI is InChI=1S/C13H15NO2/c1-9(15)8-13(16)14-12-7-6-10-4-2-3-5-11(10)12/h2-5,12H,6-8H2,1H3,(H,14,16)/t12-/m0/s1. The van der Waals surface area contributed by atoms with Crippen molar-refractivity contribution in [3.05, 3.63) is 35.4 Å². The molecule has 2 rings (SSSR count). The van der Waals surface area contributed by atoms with Crippen LogP contribution in [0.4, 0.5) is 0 Å². The minimum absolute atomic E-state index is 0.0152. The Kier molecular flexibility index (Phi) is 3.04. The molecular weight excluding hydrogens is 202 g/mol. The molecule has 1 atom stereocenters. The van der Waals surface area contributed by atoms with Crippen LogP contribution in [-0.2, 0) is 16.0 Å². The van der Waals surface area contributed by atoms with Gasteiger partial charge in [-0.15, -0.1) is 0 Å². The van der Waals surface area contributed by atoms with E-state index in [1.807, 2.05) is 18.2 Å². The van der Waals surface area contributed by atoms with Crippen molar-refractivity contribution in [2.24, 2.45) is 0 Å². The first-order valence-corrected chi connectivity index (χ1v) is 5.53. The maximum atomic E-state index is 11.5. The molecule has 1 aromatic carbocycles. The number of amides is 1. The predicted octanol–water partition coefficient (Wildman–Crippen LogP) is 1.77. The van der Waals surface area contributed by atoms with Gasteiger partial charge >= 0.3 is 0 Å². The highest BCUT2D eigenvalue weighted by Gasteiger charge is 2.23. The lowest BCUT2D eigenvalue weighted by molar-refractivity contribution is -0.127. The average molecular weight is 217 g/mol. The SMILES string of the molecule is CC(=O)CC(=O)N[C@H]1CCc2ccccc21. The van der Waals surface area contributed by atoms with Crippen molar-refractivity contribution in [2.75, 3.05) is 0 Å². The lowest BCUT2D eigenvalue weighted by Gasteiger charge is -2.13. The predicted molar refractivity (Wildman–Crippen MR) is 60.9 cm³/mol. The first kappa shape index (κ1) is 10.9. The quantitative estimate of drug-likeness (QED) is 0.784. The van der Waals surface area contributed by atoms with E-state index in [-0.39, 0.29) is 24.2 Å². The fourth-order valence-electron chi connectivity index (χ4n) is 2.18. The molecule has 0 saturated heterocycles. The zero-order chi connectivity index (χ0) is 11.5. The van der Waals surface area contributed by atoms with Gasteiger partial charge in [0.1, 0.15) is 5.78 Å². The molecule has 0 saturated carbocycles. The summed E-state index contributed by atoms with van der Waals surface area (Å²) in [5.74, 6) is -0.266. The van der Waals surface area contributed by atoms with Crippen LogP contribution >= 0.6 is 0 Å². The second-order valence-electron chi connectivity index (χ2n) is 4.24. The minimum atomic E-state index is -0.172. The van der Waals surface area contributed by atoms with Crippen molar-refractivity contribution in [3.8, 4) is 0 Å². The molecule has 3 heteroatoms. The van der Waals surface area contributed by atoms with Gasteiger partial charge in [-0.1, -0.05) is 24.3 Å². The van der Waals surface area contributed by atoms with Gasteiger partial charge in [-0.05, 0) is 30.9 Å². The summed E-state index contributed by atoms with van der Waals surface area (Å²) in [5, 5.41) is 2.91. The molecule has 3 nitrogen and oxygen atoms in total. The molecule has 1 N–H and O–H groups in total.